The first-order chi connectivity index (χ1) is 11.2. The monoisotopic (exact) mass is 304 g/mol. The van der Waals surface area contributed by atoms with Crippen molar-refractivity contribution < 1.29 is 9.53 Å². The molecule has 0 fully saturated rings. The molecule has 3 aromatic carbocycles. The van der Waals surface area contributed by atoms with Crippen molar-refractivity contribution in [1.82, 2.24) is 5.32 Å². The summed E-state index contributed by atoms with van der Waals surface area (Å²) in [4.78, 5) is 12.2. The van der Waals surface area contributed by atoms with E-state index < -0.39 is 0 Å². The van der Waals surface area contributed by atoms with Crippen LogP contribution in [-0.4, -0.2) is 13.0 Å². The van der Waals surface area contributed by atoms with Gasteiger partial charge in [-0.05, 0) is 46.7 Å². The highest BCUT2D eigenvalue weighted by molar-refractivity contribution is 6.01. The Bertz CT molecular complexity index is 905. The van der Waals surface area contributed by atoms with E-state index in [0.29, 0.717) is 5.56 Å². The molecule has 0 saturated heterocycles. The minimum absolute atomic E-state index is 0.0563. The minimum atomic E-state index is -0.232. The maximum Gasteiger partial charge on any atom is 0.255 e. The van der Waals surface area contributed by atoms with Crippen LogP contribution in [0.1, 0.15) is 22.1 Å². The number of carbonyl (C=O) groups is 1. The van der Waals surface area contributed by atoms with Gasteiger partial charge in [-0.3, -0.25) is 4.79 Å². The number of methoxy groups -OCH3 is 1. The van der Waals surface area contributed by atoms with Crippen molar-refractivity contribution in [1.29, 1.82) is 0 Å². The third-order valence-corrected chi connectivity index (χ3v) is 4.15. The fourth-order valence-electron chi connectivity index (χ4n) is 2.92. The van der Waals surface area contributed by atoms with Crippen molar-refractivity contribution in [3.8, 4) is 5.75 Å². The van der Waals surface area contributed by atoms with Gasteiger partial charge in [-0.1, -0.05) is 30.3 Å². The van der Waals surface area contributed by atoms with Gasteiger partial charge in [-0.15, -0.1) is 0 Å². The molecule has 1 aliphatic rings. The summed E-state index contributed by atoms with van der Waals surface area (Å²) in [6, 6.07) is 19.6. The zero-order valence-corrected chi connectivity index (χ0v) is 12.7. The van der Waals surface area contributed by atoms with Gasteiger partial charge < -0.3 is 15.4 Å². The number of nitrogens with one attached hydrogen (secondary N) is 2. The molecule has 0 spiro atoms. The third kappa shape index (κ3) is 2.38. The zero-order chi connectivity index (χ0) is 15.8. The standard InChI is InChI=1S/C19H16N2O2/c1-23-15-9-8-12-10-14(7-6-13(12)11-15)18-20-17-5-3-2-4-16(17)19(22)21-18/h2-11,18,20H,1H3,(H,21,22)/t18-/m1/s1. The second-order valence-corrected chi connectivity index (χ2v) is 5.57. The number of fused-ring (bicyclic) bond motifs is 2. The van der Waals surface area contributed by atoms with Gasteiger partial charge in [0, 0.05) is 5.69 Å². The SMILES string of the molecule is COc1ccc2cc([C@H]3NC(=O)c4ccccc4N3)ccc2c1. The Hall–Kier alpha value is -3.01. The van der Waals surface area contributed by atoms with Crippen LogP contribution < -0.4 is 15.4 Å². The molecule has 1 atom stereocenters. The number of amides is 1. The predicted octanol–water partition coefficient (Wildman–Crippen LogP) is 3.70. The van der Waals surface area contributed by atoms with E-state index in [1.165, 1.54) is 0 Å². The van der Waals surface area contributed by atoms with E-state index in [1.807, 2.05) is 54.6 Å². The van der Waals surface area contributed by atoms with Crippen LogP contribution in [0.5, 0.6) is 5.75 Å². The molecule has 3 aromatic rings. The summed E-state index contributed by atoms with van der Waals surface area (Å²) in [5.41, 5.74) is 2.55. The lowest BCUT2D eigenvalue weighted by Crippen LogP contribution is -2.38. The van der Waals surface area contributed by atoms with Gasteiger partial charge in [0.1, 0.15) is 11.9 Å². The first-order valence-electron chi connectivity index (χ1n) is 7.49. The summed E-state index contributed by atoms with van der Waals surface area (Å²) in [6.07, 6.45) is -0.232. The van der Waals surface area contributed by atoms with Crippen molar-refractivity contribution >= 4 is 22.4 Å². The quantitative estimate of drug-likeness (QED) is 0.759. The minimum Gasteiger partial charge on any atom is -0.497 e. The highest BCUT2D eigenvalue weighted by atomic mass is 16.5. The molecule has 0 bridgehead atoms. The Balaban J connectivity index is 1.71. The van der Waals surface area contributed by atoms with Crippen LogP contribution >= 0.6 is 0 Å². The Kier molecular flexibility index (Phi) is 3.15. The van der Waals surface area contributed by atoms with E-state index in [1.54, 1.807) is 7.11 Å². The van der Waals surface area contributed by atoms with Crippen LogP contribution in [0.15, 0.2) is 60.7 Å². The van der Waals surface area contributed by atoms with Crippen LogP contribution in [0.2, 0.25) is 0 Å². The van der Waals surface area contributed by atoms with Crippen LogP contribution in [0.25, 0.3) is 10.8 Å². The van der Waals surface area contributed by atoms with E-state index >= 15 is 0 Å². The number of benzene rings is 3. The highest BCUT2D eigenvalue weighted by Crippen LogP contribution is 2.29. The maximum absolute atomic E-state index is 12.2. The summed E-state index contributed by atoms with van der Waals surface area (Å²) < 4.78 is 5.25. The number of hydrogen-bond donors (Lipinski definition) is 2. The van der Waals surface area contributed by atoms with Crippen molar-refractivity contribution in [3.63, 3.8) is 0 Å². The Labute approximate surface area is 134 Å². The maximum atomic E-state index is 12.2. The smallest absolute Gasteiger partial charge is 0.255 e. The largest absolute Gasteiger partial charge is 0.497 e. The molecular formula is C19H16N2O2. The number of carbonyl (C=O) groups excluding carboxylic acids is 1. The van der Waals surface area contributed by atoms with E-state index in [-0.39, 0.29) is 12.1 Å². The number of hydrogen-bond acceptors (Lipinski definition) is 3. The van der Waals surface area contributed by atoms with Crippen molar-refractivity contribution in [2.24, 2.45) is 0 Å². The molecule has 114 valence electrons. The Morgan fingerprint density at radius 2 is 1.70 bits per heavy atom. The number of ether oxygens (including phenoxy) is 1. The second kappa shape index (κ2) is 5.32. The van der Waals surface area contributed by atoms with E-state index in [4.69, 9.17) is 4.74 Å². The molecule has 0 aliphatic carbocycles. The summed E-state index contributed by atoms with van der Waals surface area (Å²) in [5.74, 6) is 0.780. The highest BCUT2D eigenvalue weighted by Gasteiger charge is 2.24. The molecule has 0 aromatic heterocycles. The average Bonchev–Trinajstić information content (AvgIpc) is 2.60. The lowest BCUT2D eigenvalue weighted by atomic mass is 10.0. The Morgan fingerprint density at radius 1 is 0.913 bits per heavy atom. The lowest BCUT2D eigenvalue weighted by Gasteiger charge is -2.28. The van der Waals surface area contributed by atoms with Gasteiger partial charge in [0.25, 0.3) is 5.91 Å². The van der Waals surface area contributed by atoms with Crippen LogP contribution in [-0.2, 0) is 0 Å². The molecule has 4 heteroatoms. The van der Waals surface area contributed by atoms with E-state index in [2.05, 4.69) is 16.7 Å². The molecule has 0 radical (unpaired) electrons. The molecule has 0 saturated carbocycles. The molecule has 23 heavy (non-hydrogen) atoms. The fourth-order valence-corrected chi connectivity index (χ4v) is 2.92. The summed E-state index contributed by atoms with van der Waals surface area (Å²) >= 11 is 0. The van der Waals surface area contributed by atoms with Gasteiger partial charge >= 0.3 is 0 Å². The van der Waals surface area contributed by atoms with Crippen LogP contribution in [0.4, 0.5) is 5.69 Å². The average molecular weight is 304 g/mol. The van der Waals surface area contributed by atoms with Gasteiger partial charge in [-0.2, -0.15) is 0 Å². The second-order valence-electron chi connectivity index (χ2n) is 5.57. The van der Waals surface area contributed by atoms with Gasteiger partial charge in [0.05, 0.1) is 12.7 Å². The van der Waals surface area contributed by atoms with E-state index in [0.717, 1.165) is 27.8 Å². The topological polar surface area (TPSA) is 50.4 Å². The van der Waals surface area contributed by atoms with Crippen LogP contribution in [0, 0.1) is 0 Å². The van der Waals surface area contributed by atoms with Crippen molar-refractivity contribution in [2.45, 2.75) is 6.17 Å². The van der Waals surface area contributed by atoms with Gasteiger partial charge in [0.15, 0.2) is 0 Å². The molecule has 0 unspecified atom stereocenters. The van der Waals surface area contributed by atoms with Crippen LogP contribution in [0.3, 0.4) is 0 Å². The van der Waals surface area contributed by atoms with Gasteiger partial charge in [-0.25, -0.2) is 0 Å². The summed E-state index contributed by atoms with van der Waals surface area (Å²) in [6.45, 7) is 0. The molecule has 4 nitrogen and oxygen atoms in total. The molecule has 2 N–H and O–H groups in total. The molecule has 1 aliphatic heterocycles. The molecule has 1 heterocycles. The normalized spacial score (nSPS) is 16.4. The Morgan fingerprint density at radius 3 is 2.57 bits per heavy atom. The van der Waals surface area contributed by atoms with Crippen molar-refractivity contribution in [2.75, 3.05) is 12.4 Å². The predicted molar refractivity (Wildman–Crippen MR) is 90.8 cm³/mol. The third-order valence-electron chi connectivity index (χ3n) is 4.15. The first-order valence-corrected chi connectivity index (χ1v) is 7.49. The number of anilines is 1. The molecule has 4 rings (SSSR count). The van der Waals surface area contributed by atoms with Crippen molar-refractivity contribution in [3.05, 3.63) is 71.8 Å². The molecule has 1 amide bonds. The number of rotatable bonds is 2. The molecular weight excluding hydrogens is 288 g/mol. The lowest BCUT2D eigenvalue weighted by molar-refractivity contribution is 0.0935. The summed E-state index contributed by atoms with van der Waals surface area (Å²) in [7, 11) is 1.66. The summed E-state index contributed by atoms with van der Waals surface area (Å²) in [5, 5.41) is 8.59. The first kappa shape index (κ1) is 13.6. The number of para-hydroxylation sites is 1. The van der Waals surface area contributed by atoms with E-state index in [9.17, 15) is 4.79 Å². The fraction of sp³-hybridized carbons (Fsp3) is 0.105. The zero-order valence-electron chi connectivity index (χ0n) is 12.7. The van der Waals surface area contributed by atoms with Gasteiger partial charge in [0.2, 0.25) is 0 Å².